The van der Waals surface area contributed by atoms with Crippen LogP contribution in [-0.4, -0.2) is 13.0 Å². The number of allylic oxidation sites excluding steroid dienone is 3. The third-order valence-electron chi connectivity index (χ3n) is 2.79. The molecule has 102 valence electrons. The van der Waals surface area contributed by atoms with Gasteiger partial charge in [-0.05, 0) is 31.0 Å². The van der Waals surface area contributed by atoms with Crippen LogP contribution in [0.4, 0.5) is 0 Å². The molecule has 0 aliphatic rings. The van der Waals surface area contributed by atoms with Gasteiger partial charge in [-0.3, -0.25) is 4.79 Å². The van der Waals surface area contributed by atoms with Crippen molar-refractivity contribution in [2.45, 2.75) is 26.3 Å². The summed E-state index contributed by atoms with van der Waals surface area (Å²) in [6.45, 7) is 3.96. The number of amides is 1. The van der Waals surface area contributed by atoms with Gasteiger partial charge in [-0.2, -0.15) is 0 Å². The first kappa shape index (κ1) is 15.0. The smallest absolute Gasteiger partial charge is 0.244 e. The zero-order valence-electron chi connectivity index (χ0n) is 11.7. The van der Waals surface area contributed by atoms with Crippen molar-refractivity contribution in [2.75, 3.05) is 7.11 Å². The second kappa shape index (κ2) is 8.14. The van der Waals surface area contributed by atoms with Crippen molar-refractivity contribution in [1.82, 2.24) is 5.32 Å². The van der Waals surface area contributed by atoms with E-state index in [1.807, 2.05) is 50.3 Å². The molecule has 3 nitrogen and oxygen atoms in total. The second-order valence-corrected chi connectivity index (χ2v) is 4.13. The van der Waals surface area contributed by atoms with Crippen molar-refractivity contribution in [3.63, 3.8) is 0 Å². The highest BCUT2D eigenvalue weighted by atomic mass is 16.5. The molecule has 0 radical (unpaired) electrons. The molecule has 0 saturated carbocycles. The van der Waals surface area contributed by atoms with Gasteiger partial charge in [-0.15, -0.1) is 0 Å². The number of carbonyl (C=O) groups is 1. The summed E-state index contributed by atoms with van der Waals surface area (Å²) in [5, 5.41) is 2.98. The molecule has 3 heteroatoms. The van der Waals surface area contributed by atoms with E-state index in [0.717, 1.165) is 17.7 Å². The molecule has 0 aliphatic carbocycles. The first-order valence-electron chi connectivity index (χ1n) is 6.45. The van der Waals surface area contributed by atoms with Crippen molar-refractivity contribution in [1.29, 1.82) is 0 Å². The Morgan fingerprint density at radius 2 is 2.00 bits per heavy atom. The van der Waals surface area contributed by atoms with Gasteiger partial charge in [-0.25, -0.2) is 0 Å². The second-order valence-electron chi connectivity index (χ2n) is 4.13. The Labute approximate surface area is 115 Å². The number of carbonyl (C=O) groups excluding carboxylic acids is 1. The van der Waals surface area contributed by atoms with Crippen molar-refractivity contribution in [3.8, 4) is 5.75 Å². The van der Waals surface area contributed by atoms with Crippen LogP contribution >= 0.6 is 0 Å². The quantitative estimate of drug-likeness (QED) is 0.628. The highest BCUT2D eigenvalue weighted by molar-refractivity contribution is 5.88. The van der Waals surface area contributed by atoms with E-state index in [-0.39, 0.29) is 11.9 Å². The van der Waals surface area contributed by atoms with E-state index in [9.17, 15) is 4.79 Å². The fourth-order valence-corrected chi connectivity index (χ4v) is 1.73. The summed E-state index contributed by atoms with van der Waals surface area (Å²) in [7, 11) is 1.64. The van der Waals surface area contributed by atoms with Gasteiger partial charge in [0.2, 0.25) is 5.91 Å². The number of hydrogen-bond acceptors (Lipinski definition) is 2. The predicted molar refractivity (Wildman–Crippen MR) is 78.1 cm³/mol. The number of nitrogens with one attached hydrogen (secondary N) is 1. The molecule has 1 atom stereocenters. The molecule has 1 aromatic carbocycles. The van der Waals surface area contributed by atoms with Gasteiger partial charge in [0.25, 0.3) is 0 Å². The lowest BCUT2D eigenvalue weighted by Gasteiger charge is -2.16. The molecular weight excluding hydrogens is 238 g/mol. The summed E-state index contributed by atoms with van der Waals surface area (Å²) in [6.07, 6.45) is 7.82. The molecule has 1 aromatic rings. The molecule has 1 rings (SSSR count). The Balaban J connectivity index is 2.69. The summed E-state index contributed by atoms with van der Waals surface area (Å²) in [5.41, 5.74) is 1.08. The maximum atomic E-state index is 11.7. The average molecular weight is 259 g/mol. The zero-order chi connectivity index (χ0) is 14.1. The maximum Gasteiger partial charge on any atom is 0.244 e. The van der Waals surface area contributed by atoms with Gasteiger partial charge in [0.1, 0.15) is 5.75 Å². The van der Waals surface area contributed by atoms with E-state index < -0.39 is 0 Å². The number of hydrogen-bond donors (Lipinski definition) is 1. The van der Waals surface area contributed by atoms with Crippen LogP contribution in [-0.2, 0) is 4.79 Å². The highest BCUT2D eigenvalue weighted by Crippen LogP contribution is 2.19. The van der Waals surface area contributed by atoms with Crippen LogP contribution in [0.3, 0.4) is 0 Å². The summed E-state index contributed by atoms with van der Waals surface area (Å²) < 4.78 is 5.12. The Hall–Kier alpha value is -2.03. The van der Waals surface area contributed by atoms with Crippen LogP contribution in [0.2, 0.25) is 0 Å². The van der Waals surface area contributed by atoms with E-state index >= 15 is 0 Å². The van der Waals surface area contributed by atoms with Crippen molar-refractivity contribution < 1.29 is 9.53 Å². The van der Waals surface area contributed by atoms with Gasteiger partial charge < -0.3 is 10.1 Å². The molecule has 0 fully saturated rings. The summed E-state index contributed by atoms with van der Waals surface area (Å²) in [5.74, 6) is 0.735. The molecule has 0 saturated heterocycles. The molecule has 0 aliphatic heterocycles. The van der Waals surface area contributed by atoms with E-state index in [0.29, 0.717) is 0 Å². The fraction of sp³-hybridized carbons (Fsp3) is 0.312. The molecule has 19 heavy (non-hydrogen) atoms. The Kier molecular flexibility index (Phi) is 6.44. The number of ether oxygens (including phenoxy) is 1. The highest BCUT2D eigenvalue weighted by Gasteiger charge is 2.10. The minimum atomic E-state index is -0.0826. The third-order valence-corrected chi connectivity index (χ3v) is 2.79. The van der Waals surface area contributed by atoms with Gasteiger partial charge in [0.05, 0.1) is 13.2 Å². The Morgan fingerprint density at radius 1 is 1.32 bits per heavy atom. The van der Waals surface area contributed by atoms with Gasteiger partial charge in [0, 0.05) is 6.08 Å². The third kappa shape index (κ3) is 5.00. The average Bonchev–Trinajstić information content (AvgIpc) is 2.45. The van der Waals surface area contributed by atoms with Crippen LogP contribution in [0.1, 0.15) is 31.9 Å². The largest absolute Gasteiger partial charge is 0.497 e. The van der Waals surface area contributed by atoms with Crippen LogP contribution in [0.15, 0.2) is 48.6 Å². The zero-order valence-corrected chi connectivity index (χ0v) is 11.7. The minimum Gasteiger partial charge on any atom is -0.497 e. The molecule has 1 amide bonds. The van der Waals surface area contributed by atoms with Crippen molar-refractivity contribution in [2.24, 2.45) is 0 Å². The van der Waals surface area contributed by atoms with Gasteiger partial charge in [-0.1, -0.05) is 37.3 Å². The van der Waals surface area contributed by atoms with E-state index in [1.165, 1.54) is 6.08 Å². The molecular formula is C16H21NO2. The molecule has 1 unspecified atom stereocenters. The lowest BCUT2D eigenvalue weighted by atomic mass is 10.0. The summed E-state index contributed by atoms with van der Waals surface area (Å²) in [6, 6.07) is 7.78. The Morgan fingerprint density at radius 3 is 2.53 bits per heavy atom. The summed E-state index contributed by atoms with van der Waals surface area (Å²) in [4.78, 5) is 11.7. The van der Waals surface area contributed by atoms with E-state index in [4.69, 9.17) is 4.74 Å². The van der Waals surface area contributed by atoms with Gasteiger partial charge >= 0.3 is 0 Å². The van der Waals surface area contributed by atoms with Crippen LogP contribution in [0, 0.1) is 0 Å². The normalized spacial score (nSPS) is 12.8. The number of methoxy groups -OCH3 is 1. The van der Waals surface area contributed by atoms with Gasteiger partial charge in [0.15, 0.2) is 0 Å². The predicted octanol–water partition coefficient (Wildman–Crippen LogP) is 3.39. The van der Waals surface area contributed by atoms with Crippen LogP contribution in [0.25, 0.3) is 0 Å². The van der Waals surface area contributed by atoms with Crippen LogP contribution < -0.4 is 10.1 Å². The minimum absolute atomic E-state index is 0.0219. The van der Waals surface area contributed by atoms with E-state index in [1.54, 1.807) is 13.2 Å². The first-order valence-corrected chi connectivity index (χ1v) is 6.45. The topological polar surface area (TPSA) is 38.3 Å². The standard InChI is InChI=1S/C16H21NO2/c1-4-6-7-8-16(18)17-15(5-2)13-9-11-14(19-3)12-10-13/h4,6-12,15H,5H2,1-3H3,(H,17,18). The fourth-order valence-electron chi connectivity index (χ4n) is 1.73. The maximum absolute atomic E-state index is 11.7. The summed E-state index contributed by atoms with van der Waals surface area (Å²) >= 11 is 0. The molecule has 0 heterocycles. The van der Waals surface area contributed by atoms with E-state index in [2.05, 4.69) is 5.32 Å². The molecule has 1 N–H and O–H groups in total. The number of rotatable bonds is 6. The lowest BCUT2D eigenvalue weighted by Crippen LogP contribution is -2.26. The SMILES string of the molecule is CC=CC=CC(=O)NC(CC)c1ccc(OC)cc1. The monoisotopic (exact) mass is 259 g/mol. The van der Waals surface area contributed by atoms with Crippen molar-refractivity contribution in [3.05, 3.63) is 54.1 Å². The molecule has 0 aromatic heterocycles. The molecule has 0 bridgehead atoms. The van der Waals surface area contributed by atoms with Crippen molar-refractivity contribution >= 4 is 5.91 Å². The number of benzene rings is 1. The first-order chi connectivity index (χ1) is 9.21. The lowest BCUT2D eigenvalue weighted by molar-refractivity contribution is -0.117. The molecule has 0 spiro atoms. The van der Waals surface area contributed by atoms with Crippen LogP contribution in [0.5, 0.6) is 5.75 Å². The Bertz CT molecular complexity index is 446.